The fourth-order valence-corrected chi connectivity index (χ4v) is 3.09. The molecular weight excluding hydrogens is 254 g/mol. The van der Waals surface area contributed by atoms with Crippen LogP contribution >= 0.6 is 11.6 Å². The van der Waals surface area contributed by atoms with Gasteiger partial charge < -0.3 is 4.90 Å². The summed E-state index contributed by atoms with van der Waals surface area (Å²) in [6, 6.07) is 16.8. The Balaban J connectivity index is 2.13. The summed E-state index contributed by atoms with van der Waals surface area (Å²) in [5, 5.41) is 0.825. The highest BCUT2D eigenvalue weighted by Gasteiger charge is 2.26. The maximum Gasteiger partial charge on any atom is 0.0767 e. The van der Waals surface area contributed by atoms with Crippen LogP contribution in [-0.4, -0.2) is 7.05 Å². The van der Waals surface area contributed by atoms with E-state index in [1.54, 1.807) is 0 Å². The van der Waals surface area contributed by atoms with Crippen LogP contribution in [0.4, 0.5) is 5.69 Å². The molecule has 1 heterocycles. The number of likely N-dealkylation sites (N-methyl/N-ethyl adjacent to an activating group) is 1. The van der Waals surface area contributed by atoms with Gasteiger partial charge in [0.15, 0.2) is 0 Å². The summed E-state index contributed by atoms with van der Waals surface area (Å²) in [5.74, 6) is 0. The Hall–Kier alpha value is -1.73. The van der Waals surface area contributed by atoms with Gasteiger partial charge in [-0.1, -0.05) is 54.1 Å². The third-order valence-electron chi connectivity index (χ3n) is 3.72. The first kappa shape index (κ1) is 12.3. The van der Waals surface area contributed by atoms with E-state index in [0.717, 1.165) is 10.6 Å². The lowest BCUT2D eigenvalue weighted by molar-refractivity contribution is 0.761. The van der Waals surface area contributed by atoms with Crippen molar-refractivity contribution < 1.29 is 0 Å². The average molecular weight is 270 g/mol. The zero-order chi connectivity index (χ0) is 13.4. The zero-order valence-corrected chi connectivity index (χ0v) is 11.9. The first-order valence-electron chi connectivity index (χ1n) is 6.43. The van der Waals surface area contributed by atoms with Crippen molar-refractivity contribution in [3.8, 4) is 0 Å². The molecule has 1 aliphatic heterocycles. The summed E-state index contributed by atoms with van der Waals surface area (Å²) < 4.78 is 0. The highest BCUT2D eigenvalue weighted by atomic mass is 35.5. The van der Waals surface area contributed by atoms with Crippen LogP contribution in [0.15, 0.2) is 54.1 Å². The lowest BCUT2D eigenvalue weighted by atomic mass is 9.92. The van der Waals surface area contributed by atoms with Crippen LogP contribution in [0.1, 0.15) is 24.1 Å². The Bertz CT molecular complexity index is 645. The van der Waals surface area contributed by atoms with Gasteiger partial charge in [0, 0.05) is 17.8 Å². The van der Waals surface area contributed by atoms with Crippen LogP contribution in [-0.2, 0) is 0 Å². The number of nitrogens with zero attached hydrogens (tertiary/aromatic N) is 1. The van der Waals surface area contributed by atoms with Crippen molar-refractivity contribution in [3.63, 3.8) is 0 Å². The number of rotatable bonds is 1. The van der Waals surface area contributed by atoms with Gasteiger partial charge in [0.05, 0.1) is 6.04 Å². The minimum absolute atomic E-state index is 0.212. The van der Waals surface area contributed by atoms with Crippen molar-refractivity contribution in [3.05, 3.63) is 70.3 Å². The summed E-state index contributed by atoms with van der Waals surface area (Å²) in [5.41, 5.74) is 4.99. The largest absolute Gasteiger partial charge is 0.363 e. The molecule has 0 radical (unpaired) electrons. The minimum Gasteiger partial charge on any atom is -0.363 e. The van der Waals surface area contributed by atoms with Crippen molar-refractivity contribution in [1.29, 1.82) is 0 Å². The lowest BCUT2D eigenvalue weighted by Crippen LogP contribution is -2.28. The Labute approximate surface area is 119 Å². The van der Waals surface area contributed by atoms with Crippen molar-refractivity contribution in [2.75, 3.05) is 11.9 Å². The number of benzene rings is 2. The quantitative estimate of drug-likeness (QED) is 0.709. The van der Waals surface area contributed by atoms with Gasteiger partial charge in [0.25, 0.3) is 0 Å². The number of hydrogen-bond donors (Lipinski definition) is 0. The predicted octanol–water partition coefficient (Wildman–Crippen LogP) is 4.93. The van der Waals surface area contributed by atoms with Crippen LogP contribution in [0, 0.1) is 0 Å². The van der Waals surface area contributed by atoms with E-state index in [1.165, 1.54) is 16.8 Å². The molecule has 19 heavy (non-hydrogen) atoms. The Morgan fingerprint density at radius 1 is 1.00 bits per heavy atom. The maximum atomic E-state index is 6.36. The SMILES string of the molecule is CC1=Cc2ccccc2N(C)C1c1ccccc1Cl. The van der Waals surface area contributed by atoms with E-state index in [9.17, 15) is 0 Å². The van der Waals surface area contributed by atoms with E-state index >= 15 is 0 Å². The molecule has 0 spiro atoms. The molecule has 2 aromatic rings. The van der Waals surface area contributed by atoms with E-state index in [1.807, 2.05) is 18.2 Å². The van der Waals surface area contributed by atoms with Crippen LogP contribution in [0.25, 0.3) is 6.08 Å². The molecule has 0 aliphatic carbocycles. The summed E-state index contributed by atoms with van der Waals surface area (Å²) in [7, 11) is 2.13. The number of anilines is 1. The summed E-state index contributed by atoms with van der Waals surface area (Å²) in [6.45, 7) is 2.17. The molecule has 2 heteroatoms. The molecule has 96 valence electrons. The van der Waals surface area contributed by atoms with Crippen molar-refractivity contribution in [1.82, 2.24) is 0 Å². The summed E-state index contributed by atoms with van der Waals surface area (Å²) in [4.78, 5) is 2.30. The number of para-hydroxylation sites is 1. The molecule has 1 atom stereocenters. The van der Waals surface area contributed by atoms with Gasteiger partial charge in [0.2, 0.25) is 0 Å². The fourth-order valence-electron chi connectivity index (χ4n) is 2.85. The molecular formula is C17H16ClN. The van der Waals surface area contributed by atoms with E-state index in [0.29, 0.717) is 0 Å². The second-order valence-electron chi connectivity index (χ2n) is 4.98. The smallest absolute Gasteiger partial charge is 0.0767 e. The fraction of sp³-hybridized carbons (Fsp3) is 0.176. The van der Waals surface area contributed by atoms with E-state index in [4.69, 9.17) is 11.6 Å². The van der Waals surface area contributed by atoms with Crippen molar-refractivity contribution >= 4 is 23.4 Å². The molecule has 2 aromatic carbocycles. The van der Waals surface area contributed by atoms with Crippen LogP contribution in [0.2, 0.25) is 5.02 Å². The van der Waals surface area contributed by atoms with Gasteiger partial charge in [-0.3, -0.25) is 0 Å². The highest BCUT2D eigenvalue weighted by molar-refractivity contribution is 6.31. The zero-order valence-electron chi connectivity index (χ0n) is 11.1. The topological polar surface area (TPSA) is 3.24 Å². The molecule has 0 saturated heterocycles. The Kier molecular flexibility index (Phi) is 3.08. The summed E-state index contributed by atoms with van der Waals surface area (Å²) >= 11 is 6.36. The molecule has 1 aliphatic rings. The molecule has 0 fully saturated rings. The lowest BCUT2D eigenvalue weighted by Gasteiger charge is -2.36. The molecule has 0 bridgehead atoms. The molecule has 3 rings (SSSR count). The molecule has 1 nitrogen and oxygen atoms in total. The molecule has 0 amide bonds. The Morgan fingerprint density at radius 2 is 1.68 bits per heavy atom. The van der Waals surface area contributed by atoms with Gasteiger partial charge in [0.1, 0.15) is 0 Å². The van der Waals surface area contributed by atoms with Crippen LogP contribution in [0.3, 0.4) is 0 Å². The standard InChI is InChI=1S/C17H16ClN/c1-12-11-13-7-3-6-10-16(13)19(2)17(12)14-8-4-5-9-15(14)18/h3-11,17H,1-2H3. The van der Waals surface area contributed by atoms with E-state index in [-0.39, 0.29) is 6.04 Å². The van der Waals surface area contributed by atoms with Gasteiger partial charge >= 0.3 is 0 Å². The maximum absolute atomic E-state index is 6.36. The first-order chi connectivity index (χ1) is 9.18. The number of hydrogen-bond acceptors (Lipinski definition) is 1. The third-order valence-corrected chi connectivity index (χ3v) is 4.06. The third kappa shape index (κ3) is 2.04. The second-order valence-corrected chi connectivity index (χ2v) is 5.39. The van der Waals surface area contributed by atoms with Gasteiger partial charge in [-0.05, 0) is 35.8 Å². The van der Waals surface area contributed by atoms with Crippen molar-refractivity contribution in [2.24, 2.45) is 0 Å². The first-order valence-corrected chi connectivity index (χ1v) is 6.81. The molecule has 0 saturated carbocycles. The van der Waals surface area contributed by atoms with E-state index < -0.39 is 0 Å². The number of fused-ring (bicyclic) bond motifs is 1. The number of halogens is 1. The van der Waals surface area contributed by atoms with Crippen LogP contribution in [0.5, 0.6) is 0 Å². The molecule has 0 N–H and O–H groups in total. The average Bonchev–Trinajstić information content (AvgIpc) is 2.41. The Morgan fingerprint density at radius 3 is 2.47 bits per heavy atom. The van der Waals surface area contributed by atoms with Gasteiger partial charge in [-0.15, -0.1) is 0 Å². The summed E-state index contributed by atoms with van der Waals surface area (Å²) in [6.07, 6.45) is 2.25. The monoisotopic (exact) mass is 269 g/mol. The van der Waals surface area contributed by atoms with Gasteiger partial charge in [-0.25, -0.2) is 0 Å². The molecule has 1 unspecified atom stereocenters. The van der Waals surface area contributed by atoms with E-state index in [2.05, 4.69) is 55.3 Å². The van der Waals surface area contributed by atoms with Gasteiger partial charge in [-0.2, -0.15) is 0 Å². The highest BCUT2D eigenvalue weighted by Crippen LogP contribution is 2.41. The molecule has 0 aromatic heterocycles. The second kappa shape index (κ2) is 4.75. The minimum atomic E-state index is 0.212. The normalized spacial score (nSPS) is 17.9. The van der Waals surface area contributed by atoms with Crippen molar-refractivity contribution in [2.45, 2.75) is 13.0 Å². The predicted molar refractivity (Wildman–Crippen MR) is 82.7 cm³/mol. The van der Waals surface area contributed by atoms with Crippen LogP contribution < -0.4 is 4.90 Å².